The summed E-state index contributed by atoms with van der Waals surface area (Å²) in [4.78, 5) is 0. The summed E-state index contributed by atoms with van der Waals surface area (Å²) in [6, 6.07) is 10.4. The van der Waals surface area contributed by atoms with E-state index in [4.69, 9.17) is 15.0 Å². The number of rotatable bonds is 3. The van der Waals surface area contributed by atoms with Crippen molar-refractivity contribution in [3.8, 4) is 0 Å². The average Bonchev–Trinajstić information content (AvgIpc) is 2.94. The van der Waals surface area contributed by atoms with E-state index in [1.807, 2.05) is 19.9 Å². The summed E-state index contributed by atoms with van der Waals surface area (Å²) < 4.78 is 12.7. The molecule has 1 aromatic rings. The van der Waals surface area contributed by atoms with Crippen LogP contribution in [0.25, 0.3) is 0 Å². The van der Waals surface area contributed by atoms with E-state index in [0.29, 0.717) is 11.3 Å². The van der Waals surface area contributed by atoms with Gasteiger partial charge in [-0.15, -0.1) is 0 Å². The Morgan fingerprint density at radius 1 is 1.17 bits per heavy atom. The van der Waals surface area contributed by atoms with Gasteiger partial charge < -0.3 is 15.0 Å². The van der Waals surface area contributed by atoms with Crippen molar-refractivity contribution in [2.24, 2.45) is 23.0 Å². The molecule has 2 N–H and O–H groups in total. The van der Waals surface area contributed by atoms with Crippen molar-refractivity contribution in [1.82, 2.24) is 0 Å². The molecule has 0 radical (unpaired) electrons. The van der Waals surface area contributed by atoms with Crippen LogP contribution in [-0.4, -0.2) is 24.8 Å². The van der Waals surface area contributed by atoms with Crippen LogP contribution in [0.3, 0.4) is 0 Å². The summed E-state index contributed by atoms with van der Waals surface area (Å²) in [5, 5.41) is 0. The Morgan fingerprint density at radius 3 is 2.46 bits per heavy atom. The molecule has 3 aliphatic carbocycles. The Kier molecular flexibility index (Phi) is 4.85. The molecule has 4 heteroatoms. The van der Waals surface area contributed by atoms with Gasteiger partial charge in [-0.25, -0.2) is 0 Å². The van der Waals surface area contributed by atoms with Gasteiger partial charge in [0.2, 0.25) is 0 Å². The average molecular weight is 329 g/mol. The van der Waals surface area contributed by atoms with Gasteiger partial charge >= 0.3 is 7.12 Å². The summed E-state index contributed by atoms with van der Waals surface area (Å²) in [5.41, 5.74) is 7.87. The minimum absolute atomic E-state index is 0.106. The molecule has 5 atom stereocenters. The van der Waals surface area contributed by atoms with Crippen LogP contribution in [0, 0.1) is 17.3 Å². The minimum atomic E-state index is -0.273. The first-order valence-electron chi connectivity index (χ1n) is 9.54. The molecule has 0 aromatic heterocycles. The van der Waals surface area contributed by atoms with Gasteiger partial charge in [0.05, 0.1) is 11.7 Å². The molecule has 4 unspecified atom stereocenters. The standard InChI is InChI=1S/C18H26BNO2.C2H6/c1-17(2)13-10-14(17)18(3)15(11-13)21-19(22-18)16(20)9-12-7-5-4-6-8-12;1-2/h4-8,13-16H,9-11,20H2,1-3H3;1-2H3/t13?,14?,15?,16?,18-;/m0./s1. The number of nitrogens with two attached hydrogens (primary N) is 1. The topological polar surface area (TPSA) is 44.5 Å². The van der Waals surface area contributed by atoms with E-state index in [1.165, 1.54) is 12.0 Å². The van der Waals surface area contributed by atoms with Crippen LogP contribution in [0.4, 0.5) is 0 Å². The van der Waals surface area contributed by atoms with Gasteiger partial charge in [0, 0.05) is 5.94 Å². The third-order valence-electron chi connectivity index (χ3n) is 6.63. The number of benzene rings is 1. The van der Waals surface area contributed by atoms with Crippen LogP contribution < -0.4 is 5.73 Å². The highest BCUT2D eigenvalue weighted by Crippen LogP contribution is 2.65. The predicted molar refractivity (Wildman–Crippen MR) is 99.6 cm³/mol. The van der Waals surface area contributed by atoms with Gasteiger partial charge in [-0.3, -0.25) is 0 Å². The Morgan fingerprint density at radius 2 is 1.83 bits per heavy atom. The molecule has 1 aliphatic heterocycles. The van der Waals surface area contributed by atoms with Gasteiger partial charge in [0.25, 0.3) is 0 Å². The van der Waals surface area contributed by atoms with Crippen molar-refractivity contribution in [3.63, 3.8) is 0 Å². The molecular weight excluding hydrogens is 297 g/mol. The maximum Gasteiger partial charge on any atom is 0.475 e. The summed E-state index contributed by atoms with van der Waals surface area (Å²) in [6.45, 7) is 11.0. The Balaban J connectivity index is 0.000000815. The van der Waals surface area contributed by atoms with Crippen molar-refractivity contribution in [2.75, 3.05) is 0 Å². The predicted octanol–water partition coefficient (Wildman–Crippen LogP) is 3.85. The first-order valence-corrected chi connectivity index (χ1v) is 9.54. The van der Waals surface area contributed by atoms with Crippen LogP contribution in [0.1, 0.15) is 53.0 Å². The van der Waals surface area contributed by atoms with Gasteiger partial charge in [0.15, 0.2) is 0 Å². The normalized spacial score (nSPS) is 36.9. The van der Waals surface area contributed by atoms with Crippen molar-refractivity contribution >= 4 is 7.12 Å². The summed E-state index contributed by atoms with van der Waals surface area (Å²) in [6.07, 6.45) is 3.42. The van der Waals surface area contributed by atoms with Crippen molar-refractivity contribution in [1.29, 1.82) is 0 Å². The maximum atomic E-state index is 6.43. The molecule has 1 heterocycles. The third kappa shape index (κ3) is 2.73. The van der Waals surface area contributed by atoms with Crippen LogP contribution in [0.15, 0.2) is 30.3 Å². The molecule has 24 heavy (non-hydrogen) atoms. The molecular formula is C20H32BNO2. The van der Waals surface area contributed by atoms with Gasteiger partial charge in [0.1, 0.15) is 0 Å². The molecule has 2 bridgehead atoms. The zero-order chi connectivity index (χ0) is 17.5. The van der Waals surface area contributed by atoms with E-state index < -0.39 is 0 Å². The van der Waals surface area contributed by atoms with Crippen LogP contribution in [0.5, 0.6) is 0 Å². The van der Waals surface area contributed by atoms with Crippen LogP contribution >= 0.6 is 0 Å². The van der Waals surface area contributed by atoms with Crippen molar-refractivity contribution in [3.05, 3.63) is 35.9 Å². The molecule has 1 aromatic carbocycles. The van der Waals surface area contributed by atoms with E-state index in [-0.39, 0.29) is 24.8 Å². The first kappa shape index (κ1) is 18.0. The van der Waals surface area contributed by atoms with Gasteiger partial charge in [-0.1, -0.05) is 58.0 Å². The zero-order valence-electron chi connectivity index (χ0n) is 15.8. The second kappa shape index (κ2) is 6.47. The number of hydrogen-bond donors (Lipinski definition) is 1. The highest BCUT2D eigenvalue weighted by molar-refractivity contribution is 6.47. The first-order chi connectivity index (χ1) is 11.4. The quantitative estimate of drug-likeness (QED) is 0.857. The molecule has 4 aliphatic rings. The van der Waals surface area contributed by atoms with Crippen molar-refractivity contribution in [2.45, 2.75) is 71.5 Å². The summed E-state index contributed by atoms with van der Waals surface area (Å²) in [7, 11) is -0.273. The smallest absolute Gasteiger partial charge is 0.404 e. The van der Waals surface area contributed by atoms with E-state index in [9.17, 15) is 0 Å². The van der Waals surface area contributed by atoms with Gasteiger partial charge in [-0.05, 0) is 49.0 Å². The molecule has 4 fully saturated rings. The van der Waals surface area contributed by atoms with Crippen LogP contribution in [-0.2, 0) is 15.7 Å². The highest BCUT2D eigenvalue weighted by Gasteiger charge is 2.68. The molecule has 5 rings (SSSR count). The van der Waals surface area contributed by atoms with E-state index in [1.54, 1.807) is 0 Å². The molecule has 132 valence electrons. The molecule has 1 saturated heterocycles. The fraction of sp³-hybridized carbons (Fsp3) is 0.700. The third-order valence-corrected chi connectivity index (χ3v) is 6.63. The van der Waals surface area contributed by atoms with Crippen molar-refractivity contribution < 1.29 is 9.31 Å². The van der Waals surface area contributed by atoms with E-state index in [2.05, 4.69) is 45.0 Å². The van der Waals surface area contributed by atoms with E-state index in [0.717, 1.165) is 18.8 Å². The summed E-state index contributed by atoms with van der Waals surface area (Å²) in [5.74, 6) is 1.27. The second-order valence-electron chi connectivity index (χ2n) is 8.19. The minimum Gasteiger partial charge on any atom is -0.404 e. The lowest BCUT2D eigenvalue weighted by Crippen LogP contribution is -2.65. The lowest BCUT2D eigenvalue weighted by atomic mass is 9.43. The van der Waals surface area contributed by atoms with E-state index >= 15 is 0 Å². The monoisotopic (exact) mass is 329 g/mol. The Hall–Kier alpha value is -0.835. The van der Waals surface area contributed by atoms with Gasteiger partial charge in [-0.2, -0.15) is 0 Å². The highest BCUT2D eigenvalue weighted by atomic mass is 16.7. The maximum absolute atomic E-state index is 6.43. The Bertz CT molecular complexity index is 564. The fourth-order valence-corrected chi connectivity index (χ4v) is 5.06. The molecule has 3 saturated carbocycles. The summed E-state index contributed by atoms with van der Waals surface area (Å²) >= 11 is 0. The number of hydrogen-bond acceptors (Lipinski definition) is 3. The van der Waals surface area contributed by atoms with Crippen LogP contribution in [0.2, 0.25) is 0 Å². The lowest BCUT2D eigenvalue weighted by molar-refractivity contribution is -0.199. The fourth-order valence-electron chi connectivity index (χ4n) is 5.06. The largest absolute Gasteiger partial charge is 0.475 e. The SMILES string of the molecule is CC.CC1(C)C2CC3OB(C(N)Cc4ccccc4)O[C@@]3(C)C1C2. The lowest BCUT2D eigenvalue weighted by Gasteiger charge is -2.64. The molecule has 3 nitrogen and oxygen atoms in total. The Labute approximate surface area is 147 Å². The zero-order valence-corrected chi connectivity index (χ0v) is 15.8. The second-order valence-corrected chi connectivity index (χ2v) is 8.19. The molecule has 0 spiro atoms. The molecule has 0 amide bonds.